The second kappa shape index (κ2) is 5.10. The molecule has 1 fully saturated rings. The quantitative estimate of drug-likeness (QED) is 0.857. The Morgan fingerprint density at radius 1 is 1.25 bits per heavy atom. The van der Waals surface area contributed by atoms with Gasteiger partial charge in [0.05, 0.1) is 23.4 Å². The zero-order chi connectivity index (χ0) is 14.1. The molecule has 102 valence electrons. The highest BCUT2D eigenvalue weighted by Crippen LogP contribution is 2.24. The zero-order valence-corrected chi connectivity index (χ0v) is 11.9. The van der Waals surface area contributed by atoms with Crippen molar-refractivity contribution in [3.63, 3.8) is 0 Å². The van der Waals surface area contributed by atoms with Crippen LogP contribution in [0.15, 0.2) is 30.3 Å². The van der Waals surface area contributed by atoms with Crippen LogP contribution in [0.2, 0.25) is 0 Å². The molecular weight excluding hydrogens is 248 g/mol. The van der Waals surface area contributed by atoms with Crippen molar-refractivity contribution >= 4 is 0 Å². The molecule has 1 saturated heterocycles. The molecule has 0 N–H and O–H groups in total. The summed E-state index contributed by atoms with van der Waals surface area (Å²) in [5.41, 5.74) is 4.31. The number of hydrogen-bond donors (Lipinski definition) is 0. The normalized spacial score (nSPS) is 15.8. The zero-order valence-electron chi connectivity index (χ0n) is 11.9. The molecule has 0 spiro atoms. The van der Waals surface area contributed by atoms with E-state index in [0.29, 0.717) is 6.04 Å². The molecule has 2 heterocycles. The number of aromatic nitrogens is 2. The highest BCUT2D eigenvalue weighted by molar-refractivity contribution is 5.31. The summed E-state index contributed by atoms with van der Waals surface area (Å²) in [7, 11) is 0. The van der Waals surface area contributed by atoms with Crippen molar-refractivity contribution in [2.24, 2.45) is 0 Å². The lowest BCUT2D eigenvalue weighted by atomic mass is 10.1. The van der Waals surface area contributed by atoms with E-state index in [9.17, 15) is 0 Å². The number of nitrogens with zero attached hydrogens (tertiary/aromatic N) is 4. The van der Waals surface area contributed by atoms with E-state index in [1.54, 1.807) is 0 Å². The van der Waals surface area contributed by atoms with E-state index < -0.39 is 0 Å². The molecule has 0 aliphatic carbocycles. The summed E-state index contributed by atoms with van der Waals surface area (Å²) >= 11 is 0. The van der Waals surface area contributed by atoms with Crippen LogP contribution in [0.1, 0.15) is 28.6 Å². The largest absolute Gasteiger partial charge is 0.295 e. The second-order valence-electron chi connectivity index (χ2n) is 5.53. The molecule has 0 bridgehead atoms. The minimum absolute atomic E-state index is 0.502. The van der Waals surface area contributed by atoms with Gasteiger partial charge in [0, 0.05) is 25.3 Å². The first kappa shape index (κ1) is 12.9. The van der Waals surface area contributed by atoms with E-state index in [1.165, 1.54) is 11.3 Å². The van der Waals surface area contributed by atoms with E-state index in [2.05, 4.69) is 33.7 Å². The van der Waals surface area contributed by atoms with Crippen LogP contribution in [0.5, 0.6) is 0 Å². The number of aryl methyl sites for hydroxylation is 2. The van der Waals surface area contributed by atoms with Crippen molar-refractivity contribution in [3.05, 3.63) is 52.8 Å². The maximum Gasteiger partial charge on any atom is 0.0991 e. The fourth-order valence-corrected chi connectivity index (χ4v) is 2.79. The van der Waals surface area contributed by atoms with Crippen molar-refractivity contribution in [2.45, 2.75) is 26.4 Å². The summed E-state index contributed by atoms with van der Waals surface area (Å²) in [6.45, 7) is 7.19. The Morgan fingerprint density at radius 3 is 2.50 bits per heavy atom. The first-order valence-corrected chi connectivity index (χ1v) is 6.90. The summed E-state index contributed by atoms with van der Waals surface area (Å²) in [6.07, 6.45) is 0. The Bertz CT molecular complexity index is 642. The van der Waals surface area contributed by atoms with Gasteiger partial charge in [-0.25, -0.2) is 0 Å². The molecule has 0 amide bonds. The van der Waals surface area contributed by atoms with Crippen LogP contribution in [0.3, 0.4) is 0 Å². The van der Waals surface area contributed by atoms with Gasteiger partial charge in [0.15, 0.2) is 0 Å². The van der Waals surface area contributed by atoms with Gasteiger partial charge < -0.3 is 0 Å². The van der Waals surface area contributed by atoms with Gasteiger partial charge in [-0.05, 0) is 37.6 Å². The molecule has 1 aliphatic heterocycles. The van der Waals surface area contributed by atoms with Gasteiger partial charge in [-0.2, -0.15) is 10.4 Å². The monoisotopic (exact) mass is 266 g/mol. The van der Waals surface area contributed by atoms with Crippen LogP contribution >= 0.6 is 0 Å². The molecule has 1 aromatic heterocycles. The molecule has 0 radical (unpaired) electrons. The molecule has 20 heavy (non-hydrogen) atoms. The third-order valence-electron chi connectivity index (χ3n) is 3.82. The second-order valence-corrected chi connectivity index (χ2v) is 5.53. The van der Waals surface area contributed by atoms with Gasteiger partial charge in [0.1, 0.15) is 0 Å². The number of nitriles is 1. The first-order chi connectivity index (χ1) is 9.65. The molecule has 1 aromatic carbocycles. The molecule has 0 saturated carbocycles. The van der Waals surface area contributed by atoms with E-state index in [1.807, 2.05) is 31.2 Å². The average Bonchev–Trinajstić information content (AvgIpc) is 2.73. The molecular formula is C16H18N4. The predicted molar refractivity (Wildman–Crippen MR) is 77.2 cm³/mol. The van der Waals surface area contributed by atoms with Crippen LogP contribution in [0.4, 0.5) is 0 Å². The third kappa shape index (κ3) is 2.45. The number of benzene rings is 1. The van der Waals surface area contributed by atoms with Gasteiger partial charge >= 0.3 is 0 Å². The summed E-state index contributed by atoms with van der Waals surface area (Å²) in [6, 6.07) is 12.6. The van der Waals surface area contributed by atoms with Gasteiger partial charge in [-0.1, -0.05) is 12.1 Å². The highest BCUT2D eigenvalue weighted by Gasteiger charge is 2.29. The fraction of sp³-hybridized carbons (Fsp3) is 0.375. The topological polar surface area (TPSA) is 44.9 Å². The van der Waals surface area contributed by atoms with Gasteiger partial charge in [-0.15, -0.1) is 0 Å². The van der Waals surface area contributed by atoms with Crippen LogP contribution in [0, 0.1) is 25.2 Å². The average molecular weight is 266 g/mol. The number of rotatable bonds is 3. The molecule has 0 atom stereocenters. The summed E-state index contributed by atoms with van der Waals surface area (Å²) in [4.78, 5) is 2.41. The highest BCUT2D eigenvalue weighted by atomic mass is 15.4. The third-order valence-corrected chi connectivity index (χ3v) is 3.82. The minimum atomic E-state index is 0.502. The maximum absolute atomic E-state index is 8.79. The van der Waals surface area contributed by atoms with Crippen molar-refractivity contribution in [2.75, 3.05) is 13.1 Å². The van der Waals surface area contributed by atoms with Crippen molar-refractivity contribution in [1.82, 2.24) is 14.7 Å². The van der Waals surface area contributed by atoms with Crippen LogP contribution in [-0.2, 0) is 6.54 Å². The van der Waals surface area contributed by atoms with Crippen molar-refractivity contribution < 1.29 is 0 Å². The Labute approximate surface area is 119 Å². The van der Waals surface area contributed by atoms with Crippen LogP contribution < -0.4 is 0 Å². The Balaban J connectivity index is 1.58. The van der Waals surface area contributed by atoms with E-state index >= 15 is 0 Å². The van der Waals surface area contributed by atoms with E-state index in [4.69, 9.17) is 5.26 Å². The van der Waals surface area contributed by atoms with E-state index in [0.717, 1.165) is 30.9 Å². The summed E-state index contributed by atoms with van der Waals surface area (Å²) in [5.74, 6) is 0. The van der Waals surface area contributed by atoms with Gasteiger partial charge in [0.25, 0.3) is 0 Å². The van der Waals surface area contributed by atoms with E-state index in [-0.39, 0.29) is 0 Å². The molecule has 1 aliphatic rings. The van der Waals surface area contributed by atoms with Crippen molar-refractivity contribution in [3.8, 4) is 6.07 Å². The lowest BCUT2D eigenvalue weighted by Crippen LogP contribution is -2.47. The SMILES string of the molecule is Cc1cc(C)n(C2CN(Cc3ccc(C#N)cc3)C2)n1. The fourth-order valence-electron chi connectivity index (χ4n) is 2.79. The standard InChI is InChI=1S/C16H18N4/c1-12-7-13(2)20(18-12)16-10-19(11-16)9-15-5-3-14(8-17)4-6-15/h3-7,16H,9-11H2,1-2H3. The lowest BCUT2D eigenvalue weighted by Gasteiger charge is -2.39. The molecule has 0 unspecified atom stereocenters. The first-order valence-electron chi connectivity index (χ1n) is 6.90. The Hall–Kier alpha value is -2.12. The predicted octanol–water partition coefficient (Wildman–Crippen LogP) is 2.43. The van der Waals surface area contributed by atoms with Crippen LogP contribution in [-0.4, -0.2) is 27.8 Å². The summed E-state index contributed by atoms with van der Waals surface area (Å²) < 4.78 is 2.14. The molecule has 2 aromatic rings. The number of likely N-dealkylation sites (tertiary alicyclic amines) is 1. The minimum Gasteiger partial charge on any atom is -0.295 e. The smallest absolute Gasteiger partial charge is 0.0991 e. The lowest BCUT2D eigenvalue weighted by molar-refractivity contribution is 0.0893. The number of hydrogen-bond acceptors (Lipinski definition) is 3. The summed E-state index contributed by atoms with van der Waals surface area (Å²) in [5, 5.41) is 13.3. The van der Waals surface area contributed by atoms with Crippen molar-refractivity contribution in [1.29, 1.82) is 5.26 Å². The molecule has 4 nitrogen and oxygen atoms in total. The van der Waals surface area contributed by atoms with Gasteiger partial charge in [-0.3, -0.25) is 9.58 Å². The Morgan fingerprint density at radius 2 is 1.95 bits per heavy atom. The maximum atomic E-state index is 8.79. The molecule has 4 heteroatoms. The van der Waals surface area contributed by atoms with Gasteiger partial charge in [0.2, 0.25) is 0 Å². The Kier molecular flexibility index (Phi) is 3.29. The van der Waals surface area contributed by atoms with Crippen LogP contribution in [0.25, 0.3) is 0 Å². The molecule has 3 rings (SSSR count).